The average Bonchev–Trinajstić information content (AvgIpc) is 2.90. The number of nitrogen functional groups attached to an aromatic ring is 1. The molecule has 0 aliphatic heterocycles. The summed E-state index contributed by atoms with van der Waals surface area (Å²) in [5.74, 6) is 5.60. The summed E-state index contributed by atoms with van der Waals surface area (Å²) in [5.41, 5.74) is 1.12. The Morgan fingerprint density at radius 2 is 2.11 bits per heavy atom. The Hall–Kier alpha value is -2.90. The van der Waals surface area contributed by atoms with Crippen molar-refractivity contribution in [1.82, 2.24) is 19.9 Å². The van der Waals surface area contributed by atoms with Crippen molar-refractivity contribution in [3.63, 3.8) is 0 Å². The number of aromatic amines is 1. The molecule has 1 aromatic carbocycles. The molecule has 0 fully saturated rings. The molecule has 0 saturated heterocycles. The van der Waals surface area contributed by atoms with E-state index in [1.54, 1.807) is 0 Å². The van der Waals surface area contributed by atoms with Gasteiger partial charge in [0.15, 0.2) is 5.69 Å². The number of aromatic nitrogens is 4. The van der Waals surface area contributed by atoms with Gasteiger partial charge in [-0.2, -0.15) is 0 Å². The van der Waals surface area contributed by atoms with Crippen LogP contribution in [0.25, 0.3) is 10.9 Å². The van der Waals surface area contributed by atoms with Gasteiger partial charge in [0, 0.05) is 5.39 Å². The van der Waals surface area contributed by atoms with Gasteiger partial charge in [-0.15, -0.1) is 20.4 Å². The highest BCUT2D eigenvalue weighted by molar-refractivity contribution is 5.93. The molecule has 0 saturated carbocycles. The second-order valence-electron chi connectivity index (χ2n) is 3.61. The Bertz CT molecular complexity index is 727. The van der Waals surface area contributed by atoms with Gasteiger partial charge in [0.05, 0.1) is 5.52 Å². The van der Waals surface area contributed by atoms with E-state index in [0.717, 1.165) is 15.6 Å². The van der Waals surface area contributed by atoms with E-state index in [2.05, 4.69) is 25.4 Å². The second-order valence-corrected chi connectivity index (χ2v) is 3.61. The van der Waals surface area contributed by atoms with Crippen LogP contribution in [0.15, 0.2) is 40.8 Å². The van der Waals surface area contributed by atoms with E-state index in [4.69, 9.17) is 5.84 Å². The third-order valence-electron chi connectivity index (χ3n) is 2.45. The van der Waals surface area contributed by atoms with Crippen LogP contribution in [0.4, 0.5) is 11.6 Å². The van der Waals surface area contributed by atoms with E-state index in [1.165, 1.54) is 6.33 Å². The van der Waals surface area contributed by atoms with Crippen LogP contribution >= 0.6 is 0 Å². The summed E-state index contributed by atoms with van der Waals surface area (Å²) in [5, 5.41) is 25.5. The van der Waals surface area contributed by atoms with Crippen molar-refractivity contribution < 1.29 is 5.11 Å². The number of aromatic hydroxyl groups is 1. The monoisotopic (exact) mass is 243 g/mol. The normalized spacial score (nSPS) is 11.6. The molecule has 0 atom stereocenters. The maximum absolute atomic E-state index is 9.75. The number of nitrogens with zero attached hydrogens (tertiary/aromatic N) is 5. The molecule has 0 spiro atoms. The quantitative estimate of drug-likeness (QED) is 0.468. The van der Waals surface area contributed by atoms with Crippen LogP contribution in [-0.2, 0) is 0 Å². The number of hydrogen-bond acceptors (Lipinski definition) is 6. The molecule has 90 valence electrons. The molecule has 0 unspecified atom stereocenters. The summed E-state index contributed by atoms with van der Waals surface area (Å²) in [6, 6.07) is 7.36. The van der Waals surface area contributed by atoms with E-state index in [1.807, 2.05) is 24.3 Å². The number of hydrogen-bond donors (Lipinski definition) is 3. The fraction of sp³-hybridized carbons (Fsp3) is 0. The van der Waals surface area contributed by atoms with E-state index >= 15 is 0 Å². The number of nitrogens with two attached hydrogens (primary N) is 1. The molecular formula is C10H9N7O. The Labute approximate surface area is 101 Å². The third-order valence-corrected chi connectivity index (χ3v) is 2.45. The SMILES string of the molecule is Nn1cnnc1N=Nc1c(O)[nH]c2ccccc12. The predicted octanol–water partition coefficient (Wildman–Crippen LogP) is 1.59. The first-order valence-electron chi connectivity index (χ1n) is 5.12. The van der Waals surface area contributed by atoms with Crippen LogP contribution in [0, 0.1) is 0 Å². The molecule has 3 aromatic rings. The maximum atomic E-state index is 9.75. The number of H-pyrrole nitrogens is 1. The lowest BCUT2D eigenvalue weighted by atomic mass is 10.2. The van der Waals surface area contributed by atoms with Crippen molar-refractivity contribution in [1.29, 1.82) is 0 Å². The van der Waals surface area contributed by atoms with Gasteiger partial charge in [-0.25, -0.2) is 4.68 Å². The summed E-state index contributed by atoms with van der Waals surface area (Å²) in [4.78, 5) is 2.80. The molecular weight excluding hydrogens is 234 g/mol. The van der Waals surface area contributed by atoms with Crippen LogP contribution in [0.3, 0.4) is 0 Å². The van der Waals surface area contributed by atoms with Crippen LogP contribution in [0.1, 0.15) is 0 Å². The van der Waals surface area contributed by atoms with Gasteiger partial charge in [0.25, 0.3) is 5.95 Å². The van der Waals surface area contributed by atoms with Gasteiger partial charge < -0.3 is 15.9 Å². The summed E-state index contributed by atoms with van der Waals surface area (Å²) >= 11 is 0. The minimum absolute atomic E-state index is 0.0527. The van der Waals surface area contributed by atoms with Crippen molar-refractivity contribution in [3.05, 3.63) is 30.6 Å². The number of rotatable bonds is 2. The predicted molar refractivity (Wildman–Crippen MR) is 64.3 cm³/mol. The van der Waals surface area contributed by atoms with E-state index in [0.29, 0.717) is 5.69 Å². The highest BCUT2D eigenvalue weighted by Crippen LogP contribution is 2.35. The fourth-order valence-electron chi connectivity index (χ4n) is 1.62. The van der Waals surface area contributed by atoms with E-state index < -0.39 is 0 Å². The van der Waals surface area contributed by atoms with Crippen molar-refractivity contribution in [2.75, 3.05) is 5.84 Å². The molecule has 8 nitrogen and oxygen atoms in total. The maximum Gasteiger partial charge on any atom is 0.288 e. The van der Waals surface area contributed by atoms with Crippen molar-refractivity contribution >= 4 is 22.5 Å². The van der Waals surface area contributed by atoms with E-state index in [9.17, 15) is 5.11 Å². The molecule has 0 amide bonds. The zero-order valence-electron chi connectivity index (χ0n) is 9.15. The molecule has 0 aliphatic carbocycles. The molecule has 2 heterocycles. The smallest absolute Gasteiger partial charge is 0.288 e. The first-order valence-corrected chi connectivity index (χ1v) is 5.12. The number of benzene rings is 1. The lowest BCUT2D eigenvalue weighted by Crippen LogP contribution is -2.04. The average molecular weight is 243 g/mol. The van der Waals surface area contributed by atoms with Crippen LogP contribution < -0.4 is 5.84 Å². The van der Waals surface area contributed by atoms with Crippen LogP contribution in [0.2, 0.25) is 0 Å². The molecule has 4 N–H and O–H groups in total. The first kappa shape index (κ1) is 10.3. The highest BCUT2D eigenvalue weighted by Gasteiger charge is 2.09. The number of nitrogens with one attached hydrogen (secondary N) is 1. The third kappa shape index (κ3) is 1.56. The highest BCUT2D eigenvalue weighted by atomic mass is 16.3. The van der Waals surface area contributed by atoms with Crippen LogP contribution in [-0.4, -0.2) is 25.0 Å². The fourth-order valence-corrected chi connectivity index (χ4v) is 1.62. The van der Waals surface area contributed by atoms with Crippen molar-refractivity contribution in [2.45, 2.75) is 0 Å². The Morgan fingerprint density at radius 1 is 1.28 bits per heavy atom. The minimum atomic E-state index is -0.0527. The molecule has 0 radical (unpaired) electrons. The van der Waals surface area contributed by atoms with Crippen molar-refractivity contribution in [3.8, 4) is 5.88 Å². The Balaban J connectivity index is 2.07. The first-order chi connectivity index (χ1) is 8.75. The van der Waals surface area contributed by atoms with Crippen LogP contribution in [0.5, 0.6) is 5.88 Å². The summed E-state index contributed by atoms with van der Waals surface area (Å²) < 4.78 is 1.13. The topological polar surface area (TPSA) is 117 Å². The largest absolute Gasteiger partial charge is 0.493 e. The molecule has 2 aromatic heterocycles. The zero-order valence-corrected chi connectivity index (χ0v) is 9.15. The Morgan fingerprint density at radius 3 is 2.89 bits per heavy atom. The lowest BCUT2D eigenvalue weighted by molar-refractivity contribution is 0.459. The van der Waals surface area contributed by atoms with Gasteiger partial charge in [-0.05, 0) is 6.07 Å². The van der Waals surface area contributed by atoms with Gasteiger partial charge in [0.2, 0.25) is 5.88 Å². The summed E-state index contributed by atoms with van der Waals surface area (Å²) in [6.07, 6.45) is 1.31. The summed E-state index contributed by atoms with van der Waals surface area (Å²) in [7, 11) is 0. The van der Waals surface area contributed by atoms with Gasteiger partial charge in [-0.1, -0.05) is 18.2 Å². The zero-order chi connectivity index (χ0) is 12.5. The number of azo groups is 1. The molecule has 0 aliphatic rings. The van der Waals surface area contributed by atoms with Crippen molar-refractivity contribution in [2.24, 2.45) is 10.2 Å². The minimum Gasteiger partial charge on any atom is -0.493 e. The molecule has 3 rings (SSSR count). The van der Waals surface area contributed by atoms with Gasteiger partial charge in [-0.3, -0.25) is 0 Å². The lowest BCUT2D eigenvalue weighted by Gasteiger charge is -1.92. The van der Waals surface area contributed by atoms with E-state index in [-0.39, 0.29) is 11.8 Å². The Kier molecular flexibility index (Phi) is 2.19. The number of fused-ring (bicyclic) bond motifs is 1. The molecule has 0 bridgehead atoms. The van der Waals surface area contributed by atoms with Gasteiger partial charge >= 0.3 is 0 Å². The summed E-state index contributed by atoms with van der Waals surface area (Å²) in [6.45, 7) is 0. The van der Waals surface area contributed by atoms with Gasteiger partial charge in [0.1, 0.15) is 6.33 Å². The number of para-hydroxylation sites is 1. The second kappa shape index (κ2) is 3.84. The molecule has 8 heteroatoms. The molecule has 18 heavy (non-hydrogen) atoms. The standard InChI is InChI=1S/C10H9N7O/c11-17-5-12-15-10(17)16-14-8-6-3-1-2-4-7(6)13-9(8)18/h1-5,13,18H,11H2.